The van der Waals surface area contributed by atoms with E-state index in [1.807, 2.05) is 37.3 Å². The minimum atomic E-state index is 0.113. The third-order valence-corrected chi connectivity index (χ3v) is 4.36. The van der Waals surface area contributed by atoms with Crippen LogP contribution < -0.4 is 0 Å². The number of carbonyl (C=O) groups is 1. The van der Waals surface area contributed by atoms with Crippen LogP contribution in [0.15, 0.2) is 34.9 Å². The number of carbonyl (C=O) groups excluding carboxylic acids is 1. The monoisotopic (exact) mass is 313 g/mol. The van der Waals surface area contributed by atoms with Crippen LogP contribution in [0.4, 0.5) is 0 Å². The van der Waals surface area contributed by atoms with Gasteiger partial charge in [-0.2, -0.15) is 4.98 Å². The van der Waals surface area contributed by atoms with Crippen molar-refractivity contribution in [1.29, 1.82) is 0 Å². The molecular formula is C18H23N3O2. The molecule has 0 radical (unpaired) electrons. The van der Waals surface area contributed by atoms with Crippen LogP contribution in [0.3, 0.4) is 0 Å². The molecule has 3 rings (SSSR count). The lowest BCUT2D eigenvalue weighted by molar-refractivity contribution is -0.124. The SMILES string of the molecule is CCc1nc(CN2CCC[C@@H](C(=O)Cc3ccccc3)C2)no1. The molecule has 1 aromatic heterocycles. The van der Waals surface area contributed by atoms with Crippen molar-refractivity contribution in [3.05, 3.63) is 47.6 Å². The topological polar surface area (TPSA) is 59.2 Å². The normalized spacial score (nSPS) is 18.9. The van der Waals surface area contributed by atoms with Gasteiger partial charge in [0.05, 0.1) is 6.54 Å². The molecule has 0 unspecified atom stereocenters. The van der Waals surface area contributed by atoms with Gasteiger partial charge in [0.1, 0.15) is 5.78 Å². The van der Waals surface area contributed by atoms with Gasteiger partial charge in [0.15, 0.2) is 5.82 Å². The van der Waals surface area contributed by atoms with E-state index < -0.39 is 0 Å². The number of piperidine rings is 1. The Balaban J connectivity index is 1.56. The Bertz CT molecular complexity index is 639. The average molecular weight is 313 g/mol. The number of ketones is 1. The summed E-state index contributed by atoms with van der Waals surface area (Å²) in [6, 6.07) is 9.98. The standard InChI is InChI=1S/C18H23N3O2/c1-2-18-19-17(20-23-18)13-21-10-6-9-15(12-21)16(22)11-14-7-4-3-5-8-14/h3-5,7-8,15H,2,6,9-13H2,1H3/t15-/m1/s1. The fraction of sp³-hybridized carbons (Fsp3) is 0.500. The minimum Gasteiger partial charge on any atom is -0.339 e. The van der Waals surface area contributed by atoms with E-state index in [4.69, 9.17) is 4.52 Å². The van der Waals surface area contributed by atoms with E-state index >= 15 is 0 Å². The number of Topliss-reactive ketones (excluding diaryl/α,β-unsaturated/α-hetero) is 1. The quantitative estimate of drug-likeness (QED) is 0.820. The van der Waals surface area contributed by atoms with Crippen molar-refractivity contribution in [2.75, 3.05) is 13.1 Å². The largest absolute Gasteiger partial charge is 0.339 e. The van der Waals surface area contributed by atoms with Gasteiger partial charge in [-0.1, -0.05) is 42.4 Å². The molecule has 1 aliphatic heterocycles. The highest BCUT2D eigenvalue weighted by atomic mass is 16.5. The molecule has 0 amide bonds. The molecule has 1 saturated heterocycles. The zero-order valence-electron chi connectivity index (χ0n) is 13.6. The van der Waals surface area contributed by atoms with E-state index in [1.165, 1.54) is 0 Å². The predicted octanol–water partition coefficient (Wildman–Crippen LogP) is 2.66. The highest BCUT2D eigenvalue weighted by Gasteiger charge is 2.26. The Morgan fingerprint density at radius 1 is 1.35 bits per heavy atom. The lowest BCUT2D eigenvalue weighted by atomic mass is 9.90. The van der Waals surface area contributed by atoms with Crippen molar-refractivity contribution in [2.45, 2.75) is 39.2 Å². The summed E-state index contributed by atoms with van der Waals surface area (Å²) in [6.45, 7) is 4.45. The Morgan fingerprint density at radius 3 is 2.91 bits per heavy atom. The first-order chi connectivity index (χ1) is 11.2. The average Bonchev–Trinajstić information content (AvgIpc) is 3.03. The molecule has 122 valence electrons. The predicted molar refractivity (Wildman–Crippen MR) is 86.8 cm³/mol. The molecule has 0 spiro atoms. The lowest BCUT2D eigenvalue weighted by Crippen LogP contribution is -2.39. The van der Waals surface area contributed by atoms with Gasteiger partial charge in [-0.25, -0.2) is 0 Å². The molecule has 0 bridgehead atoms. The third-order valence-electron chi connectivity index (χ3n) is 4.36. The molecule has 1 fully saturated rings. The Morgan fingerprint density at radius 2 is 2.17 bits per heavy atom. The van der Waals surface area contributed by atoms with E-state index in [0.29, 0.717) is 24.6 Å². The maximum Gasteiger partial charge on any atom is 0.226 e. The van der Waals surface area contributed by atoms with Gasteiger partial charge in [0, 0.05) is 25.3 Å². The Kier molecular flexibility index (Phi) is 5.18. The molecular weight excluding hydrogens is 290 g/mol. The van der Waals surface area contributed by atoms with E-state index in [2.05, 4.69) is 15.0 Å². The molecule has 2 aromatic rings. The summed E-state index contributed by atoms with van der Waals surface area (Å²) in [6.07, 6.45) is 3.31. The van der Waals surface area contributed by atoms with Crippen LogP contribution >= 0.6 is 0 Å². The van der Waals surface area contributed by atoms with Gasteiger partial charge < -0.3 is 4.52 Å². The third kappa shape index (κ3) is 4.26. The van der Waals surface area contributed by atoms with E-state index in [1.54, 1.807) is 0 Å². The van der Waals surface area contributed by atoms with Crippen LogP contribution in [-0.2, 0) is 24.2 Å². The maximum absolute atomic E-state index is 12.5. The van der Waals surface area contributed by atoms with Crippen LogP contribution in [0.2, 0.25) is 0 Å². The van der Waals surface area contributed by atoms with E-state index in [0.717, 1.165) is 43.7 Å². The fourth-order valence-corrected chi connectivity index (χ4v) is 3.10. The molecule has 0 N–H and O–H groups in total. The first-order valence-corrected chi connectivity index (χ1v) is 8.35. The zero-order valence-corrected chi connectivity index (χ0v) is 13.6. The van der Waals surface area contributed by atoms with E-state index in [9.17, 15) is 4.79 Å². The molecule has 0 saturated carbocycles. The molecule has 1 aromatic carbocycles. The number of aryl methyl sites for hydroxylation is 1. The molecule has 0 aliphatic carbocycles. The first kappa shape index (κ1) is 15.9. The summed E-state index contributed by atoms with van der Waals surface area (Å²) in [5.41, 5.74) is 1.10. The van der Waals surface area contributed by atoms with Crippen molar-refractivity contribution in [3.8, 4) is 0 Å². The highest BCUT2D eigenvalue weighted by molar-refractivity contribution is 5.83. The molecule has 5 heteroatoms. The van der Waals surface area contributed by atoms with Crippen molar-refractivity contribution in [1.82, 2.24) is 15.0 Å². The summed E-state index contributed by atoms with van der Waals surface area (Å²) in [4.78, 5) is 19.2. The summed E-state index contributed by atoms with van der Waals surface area (Å²) >= 11 is 0. The van der Waals surface area contributed by atoms with Crippen molar-refractivity contribution < 1.29 is 9.32 Å². The number of rotatable bonds is 6. The zero-order chi connectivity index (χ0) is 16.1. The van der Waals surface area contributed by atoms with Gasteiger partial charge in [-0.3, -0.25) is 9.69 Å². The molecule has 23 heavy (non-hydrogen) atoms. The fourth-order valence-electron chi connectivity index (χ4n) is 3.10. The first-order valence-electron chi connectivity index (χ1n) is 8.35. The highest BCUT2D eigenvalue weighted by Crippen LogP contribution is 2.20. The van der Waals surface area contributed by atoms with Gasteiger partial charge >= 0.3 is 0 Å². The summed E-state index contributed by atoms with van der Waals surface area (Å²) in [5.74, 6) is 1.84. The molecule has 1 atom stereocenters. The molecule has 1 aliphatic rings. The lowest BCUT2D eigenvalue weighted by Gasteiger charge is -2.31. The molecule has 2 heterocycles. The minimum absolute atomic E-state index is 0.113. The molecule has 5 nitrogen and oxygen atoms in total. The van der Waals surface area contributed by atoms with Gasteiger partial charge in [-0.15, -0.1) is 0 Å². The number of hydrogen-bond donors (Lipinski definition) is 0. The second-order valence-electron chi connectivity index (χ2n) is 6.16. The summed E-state index contributed by atoms with van der Waals surface area (Å²) < 4.78 is 5.15. The number of aromatic nitrogens is 2. The van der Waals surface area contributed by atoms with Crippen molar-refractivity contribution in [3.63, 3.8) is 0 Å². The van der Waals surface area contributed by atoms with Gasteiger partial charge in [-0.05, 0) is 24.9 Å². The van der Waals surface area contributed by atoms with Crippen LogP contribution in [-0.4, -0.2) is 33.9 Å². The van der Waals surface area contributed by atoms with Crippen molar-refractivity contribution >= 4 is 5.78 Å². The van der Waals surface area contributed by atoms with Crippen LogP contribution in [0.25, 0.3) is 0 Å². The number of benzene rings is 1. The van der Waals surface area contributed by atoms with E-state index in [-0.39, 0.29) is 5.92 Å². The summed E-state index contributed by atoms with van der Waals surface area (Å²) in [7, 11) is 0. The summed E-state index contributed by atoms with van der Waals surface area (Å²) in [5, 5.41) is 4.01. The van der Waals surface area contributed by atoms with Gasteiger partial charge in [0.25, 0.3) is 0 Å². The van der Waals surface area contributed by atoms with Crippen LogP contribution in [0, 0.1) is 5.92 Å². The maximum atomic E-state index is 12.5. The Labute approximate surface area is 136 Å². The number of likely N-dealkylation sites (tertiary alicyclic amines) is 1. The second-order valence-corrected chi connectivity index (χ2v) is 6.16. The van der Waals surface area contributed by atoms with Crippen LogP contribution in [0.5, 0.6) is 0 Å². The number of nitrogens with zero attached hydrogens (tertiary/aromatic N) is 3. The Hall–Kier alpha value is -2.01. The number of hydrogen-bond acceptors (Lipinski definition) is 5. The van der Waals surface area contributed by atoms with Gasteiger partial charge in [0.2, 0.25) is 5.89 Å². The van der Waals surface area contributed by atoms with Crippen molar-refractivity contribution in [2.24, 2.45) is 5.92 Å². The smallest absolute Gasteiger partial charge is 0.226 e. The van der Waals surface area contributed by atoms with Crippen LogP contribution in [0.1, 0.15) is 37.0 Å². The second kappa shape index (κ2) is 7.51.